The molecule has 1 unspecified atom stereocenters. The fraction of sp³-hybridized carbons (Fsp3) is 0.667. The van der Waals surface area contributed by atoms with Gasteiger partial charge in [-0.1, -0.05) is 0 Å². The van der Waals surface area contributed by atoms with Gasteiger partial charge >= 0.3 is 0 Å². The summed E-state index contributed by atoms with van der Waals surface area (Å²) in [5.74, 6) is 0.609. The summed E-state index contributed by atoms with van der Waals surface area (Å²) in [6, 6.07) is 0. The van der Waals surface area contributed by atoms with Crippen LogP contribution in [0.4, 0.5) is 0 Å². The molecule has 3 nitrogen and oxygen atoms in total. The highest BCUT2D eigenvalue weighted by atomic mass is 32.1. The average molecular weight is 198 g/mol. The highest BCUT2D eigenvalue weighted by Crippen LogP contribution is 2.26. The molecule has 72 valence electrons. The fourth-order valence-electron chi connectivity index (χ4n) is 1.60. The van der Waals surface area contributed by atoms with E-state index in [0.29, 0.717) is 5.92 Å². The number of nitrogens with one attached hydrogen (secondary N) is 1. The molecule has 0 amide bonds. The van der Waals surface area contributed by atoms with E-state index in [2.05, 4.69) is 10.3 Å². The Morgan fingerprint density at radius 1 is 1.69 bits per heavy atom. The Hall–Kier alpha value is -0.450. The van der Waals surface area contributed by atoms with Crippen LogP contribution in [0.3, 0.4) is 0 Å². The number of nitrogens with zero attached hydrogens (tertiary/aromatic N) is 1. The summed E-state index contributed by atoms with van der Waals surface area (Å²) in [6.45, 7) is 2.40. The van der Waals surface area contributed by atoms with Crippen molar-refractivity contribution in [3.63, 3.8) is 0 Å². The van der Waals surface area contributed by atoms with Gasteiger partial charge in [-0.25, -0.2) is 4.98 Å². The predicted octanol–water partition coefficient (Wildman–Crippen LogP) is 0.755. The molecule has 0 saturated carbocycles. The van der Waals surface area contributed by atoms with Crippen LogP contribution in [-0.4, -0.2) is 29.8 Å². The zero-order chi connectivity index (χ0) is 9.10. The minimum Gasteiger partial charge on any atom is -0.396 e. The molecular weight excluding hydrogens is 184 g/mol. The number of aliphatic hydroxyl groups is 1. The molecule has 1 aromatic heterocycles. The first kappa shape index (κ1) is 9.12. The molecule has 2 rings (SSSR count). The maximum Gasteiger partial charge on any atom is 0.0971 e. The largest absolute Gasteiger partial charge is 0.396 e. The predicted molar refractivity (Wildman–Crippen MR) is 53.1 cm³/mol. The number of rotatable bonds is 3. The molecular formula is C9H14N2OS. The summed E-state index contributed by atoms with van der Waals surface area (Å²) in [4.78, 5) is 5.58. The number of aliphatic hydroxyl groups excluding tert-OH is 1. The van der Waals surface area contributed by atoms with E-state index in [1.807, 2.05) is 6.20 Å². The van der Waals surface area contributed by atoms with Crippen molar-refractivity contribution in [1.29, 1.82) is 0 Å². The van der Waals surface area contributed by atoms with Crippen LogP contribution < -0.4 is 5.32 Å². The molecule has 1 aliphatic heterocycles. The minimum atomic E-state index is 0.227. The Balaban J connectivity index is 2.03. The van der Waals surface area contributed by atoms with Gasteiger partial charge in [-0.15, -0.1) is 11.3 Å². The molecule has 0 spiro atoms. The van der Waals surface area contributed by atoms with Crippen LogP contribution in [0.2, 0.25) is 0 Å². The standard InChI is InChI=1S/C9H14N2OS/c12-4-2-8-6-11-9(13-8)7-1-3-10-5-7/h6-7,10,12H,1-5H2. The van der Waals surface area contributed by atoms with Crippen molar-refractivity contribution in [3.05, 3.63) is 16.1 Å². The third-order valence-electron chi connectivity index (χ3n) is 2.34. The Labute approximate surface area is 81.8 Å². The van der Waals surface area contributed by atoms with Gasteiger partial charge in [0.25, 0.3) is 0 Å². The van der Waals surface area contributed by atoms with Gasteiger partial charge in [-0.05, 0) is 13.0 Å². The molecule has 0 radical (unpaired) electrons. The van der Waals surface area contributed by atoms with Crippen molar-refractivity contribution in [1.82, 2.24) is 10.3 Å². The number of aromatic nitrogens is 1. The van der Waals surface area contributed by atoms with Crippen molar-refractivity contribution < 1.29 is 5.11 Å². The second-order valence-electron chi connectivity index (χ2n) is 3.33. The zero-order valence-corrected chi connectivity index (χ0v) is 8.31. The van der Waals surface area contributed by atoms with Gasteiger partial charge in [0.2, 0.25) is 0 Å². The van der Waals surface area contributed by atoms with Crippen molar-refractivity contribution in [2.45, 2.75) is 18.8 Å². The molecule has 1 fully saturated rings. The summed E-state index contributed by atoms with van der Waals surface area (Å²) in [7, 11) is 0. The van der Waals surface area contributed by atoms with Crippen molar-refractivity contribution in [2.75, 3.05) is 19.7 Å². The summed E-state index contributed by atoms with van der Waals surface area (Å²) < 4.78 is 0. The van der Waals surface area contributed by atoms with E-state index < -0.39 is 0 Å². The van der Waals surface area contributed by atoms with E-state index >= 15 is 0 Å². The highest BCUT2D eigenvalue weighted by molar-refractivity contribution is 7.11. The molecule has 1 aliphatic rings. The van der Waals surface area contributed by atoms with E-state index in [1.54, 1.807) is 11.3 Å². The van der Waals surface area contributed by atoms with Crippen LogP contribution in [0.5, 0.6) is 0 Å². The van der Waals surface area contributed by atoms with Gasteiger partial charge < -0.3 is 10.4 Å². The van der Waals surface area contributed by atoms with Crippen LogP contribution in [-0.2, 0) is 6.42 Å². The van der Waals surface area contributed by atoms with Crippen LogP contribution in [0.25, 0.3) is 0 Å². The molecule has 13 heavy (non-hydrogen) atoms. The van der Waals surface area contributed by atoms with Crippen LogP contribution in [0.1, 0.15) is 22.2 Å². The maximum atomic E-state index is 8.76. The van der Waals surface area contributed by atoms with Gasteiger partial charge in [-0.3, -0.25) is 0 Å². The summed E-state index contributed by atoms with van der Waals surface area (Å²) in [6.07, 6.45) is 3.85. The zero-order valence-electron chi connectivity index (χ0n) is 7.49. The van der Waals surface area contributed by atoms with Crippen molar-refractivity contribution >= 4 is 11.3 Å². The van der Waals surface area contributed by atoms with Gasteiger partial charge in [-0.2, -0.15) is 0 Å². The Morgan fingerprint density at radius 3 is 3.31 bits per heavy atom. The van der Waals surface area contributed by atoms with Crippen LogP contribution >= 0.6 is 11.3 Å². The molecule has 2 N–H and O–H groups in total. The Morgan fingerprint density at radius 2 is 2.62 bits per heavy atom. The molecule has 2 heterocycles. The quantitative estimate of drug-likeness (QED) is 0.753. The molecule has 1 aromatic rings. The topological polar surface area (TPSA) is 45.2 Å². The fourth-order valence-corrected chi connectivity index (χ4v) is 2.64. The van der Waals surface area contributed by atoms with Crippen molar-refractivity contribution in [3.8, 4) is 0 Å². The Bertz CT molecular complexity index is 268. The van der Waals surface area contributed by atoms with Crippen LogP contribution in [0.15, 0.2) is 6.20 Å². The lowest BCUT2D eigenvalue weighted by atomic mass is 10.1. The van der Waals surface area contributed by atoms with Gasteiger partial charge in [0.1, 0.15) is 0 Å². The van der Waals surface area contributed by atoms with Gasteiger partial charge in [0.05, 0.1) is 5.01 Å². The summed E-state index contributed by atoms with van der Waals surface area (Å²) in [5, 5.41) is 13.3. The lowest BCUT2D eigenvalue weighted by Gasteiger charge is -2.01. The molecule has 0 bridgehead atoms. The van der Waals surface area contributed by atoms with E-state index in [4.69, 9.17) is 5.11 Å². The number of hydrogen-bond acceptors (Lipinski definition) is 4. The lowest BCUT2D eigenvalue weighted by Crippen LogP contribution is -2.07. The lowest BCUT2D eigenvalue weighted by molar-refractivity contribution is 0.300. The van der Waals surface area contributed by atoms with Crippen molar-refractivity contribution in [2.24, 2.45) is 0 Å². The van der Waals surface area contributed by atoms with E-state index in [-0.39, 0.29) is 6.61 Å². The number of hydrogen-bond donors (Lipinski definition) is 2. The summed E-state index contributed by atoms with van der Waals surface area (Å²) >= 11 is 1.74. The second kappa shape index (κ2) is 4.17. The first-order chi connectivity index (χ1) is 6.40. The third kappa shape index (κ3) is 2.07. The average Bonchev–Trinajstić information content (AvgIpc) is 2.70. The van der Waals surface area contributed by atoms with Crippen LogP contribution in [0, 0.1) is 0 Å². The first-order valence-corrected chi connectivity index (χ1v) is 5.48. The molecule has 0 aromatic carbocycles. The van der Waals surface area contributed by atoms with Gasteiger partial charge in [0, 0.05) is 36.6 Å². The maximum absolute atomic E-state index is 8.76. The van der Waals surface area contributed by atoms with E-state index in [1.165, 1.54) is 16.3 Å². The SMILES string of the molecule is OCCc1cnc(C2CCNC2)s1. The molecule has 1 atom stereocenters. The molecule has 1 saturated heterocycles. The number of thiazole rings is 1. The molecule has 4 heteroatoms. The van der Waals surface area contributed by atoms with Gasteiger partial charge in [0.15, 0.2) is 0 Å². The Kier molecular flexibility index (Phi) is 2.93. The van der Waals surface area contributed by atoms with E-state index in [0.717, 1.165) is 19.5 Å². The minimum absolute atomic E-state index is 0.227. The third-order valence-corrected chi connectivity index (χ3v) is 3.56. The van der Waals surface area contributed by atoms with E-state index in [9.17, 15) is 0 Å². The monoisotopic (exact) mass is 198 g/mol. The smallest absolute Gasteiger partial charge is 0.0971 e. The highest BCUT2D eigenvalue weighted by Gasteiger charge is 2.19. The second-order valence-corrected chi connectivity index (χ2v) is 4.47. The first-order valence-electron chi connectivity index (χ1n) is 4.66. The normalized spacial score (nSPS) is 22.4. The molecule has 0 aliphatic carbocycles. The summed E-state index contributed by atoms with van der Waals surface area (Å²) in [5.41, 5.74) is 0.